The molecule has 3 aromatic rings. The number of aryl methyl sites for hydroxylation is 2. The molecule has 0 bridgehead atoms. The maximum Gasteiger partial charge on any atom is 0.401 e. The number of alkyl halides is 3. The molecule has 1 unspecified atom stereocenters. The maximum atomic E-state index is 13.9. The minimum atomic E-state index is -4.42. The van der Waals surface area contributed by atoms with E-state index >= 15 is 0 Å². The van der Waals surface area contributed by atoms with Crippen molar-refractivity contribution in [3.63, 3.8) is 0 Å². The van der Waals surface area contributed by atoms with Crippen molar-refractivity contribution in [1.29, 1.82) is 5.26 Å². The van der Waals surface area contributed by atoms with Gasteiger partial charge in [0.2, 0.25) is 17.8 Å². The normalized spacial score (nSPS) is 24.6. The Labute approximate surface area is 386 Å². The summed E-state index contributed by atoms with van der Waals surface area (Å²) in [5.74, 6) is -1.67. The summed E-state index contributed by atoms with van der Waals surface area (Å²) in [4.78, 5) is 77.9. The summed E-state index contributed by atoms with van der Waals surface area (Å²) in [5.41, 5.74) is 1.69. The summed E-state index contributed by atoms with van der Waals surface area (Å²) < 4.78 is 59.9. The molecule has 5 aliphatic rings. The van der Waals surface area contributed by atoms with Gasteiger partial charge in [0.05, 0.1) is 42.0 Å². The van der Waals surface area contributed by atoms with E-state index in [1.54, 1.807) is 0 Å². The topological polar surface area (TPSA) is 196 Å². The number of anilines is 1. The molecular formula is C48H55F3N8O8. The predicted octanol–water partition coefficient (Wildman–Crippen LogP) is 5.68. The number of imide groups is 2. The Balaban J connectivity index is 0.832. The van der Waals surface area contributed by atoms with E-state index in [1.807, 2.05) is 58.6 Å². The van der Waals surface area contributed by atoms with Crippen LogP contribution in [0, 0.1) is 41.9 Å². The lowest BCUT2D eigenvalue weighted by Gasteiger charge is -2.63. The standard InChI is InChI=1S/C48H55F3N8O8/c1-25-14-30(15-26(2)34(25)20-52)67-44-46(3,4)43(47(44,5)6)56-39(61)28-21-53-45(54-22-28)57-12-10-27(11-13-57)23-58(24-48(49,50)51)29-16-31(17-29)66-32-18-33-38(36(19-32)65-7)42(64)59(41(33)63)35-8-9-37(60)55-40(35)62/h14-15,18-19,21-22,27,29,31,35,43-44H,8-13,16-17,23-24H2,1-7H3,(H,56,61)(H,55,60,62). The first-order chi connectivity index (χ1) is 31.6. The highest BCUT2D eigenvalue weighted by molar-refractivity contribution is 6.24. The van der Waals surface area contributed by atoms with E-state index in [0.29, 0.717) is 61.6 Å². The predicted molar refractivity (Wildman–Crippen MR) is 236 cm³/mol. The fraction of sp³-hybridized carbons (Fsp3) is 0.542. The summed E-state index contributed by atoms with van der Waals surface area (Å²) in [5, 5.41) is 14.8. The Bertz CT molecular complexity index is 2490. The van der Waals surface area contributed by atoms with E-state index in [9.17, 15) is 42.4 Å². The number of ether oxygens (including phenoxy) is 3. The van der Waals surface area contributed by atoms with Crippen LogP contribution in [0.2, 0.25) is 0 Å². The van der Waals surface area contributed by atoms with Gasteiger partial charge in [-0.1, -0.05) is 27.7 Å². The van der Waals surface area contributed by atoms with Crippen molar-refractivity contribution >= 4 is 35.5 Å². The Morgan fingerprint density at radius 1 is 0.940 bits per heavy atom. The van der Waals surface area contributed by atoms with Crippen LogP contribution in [0.1, 0.15) is 114 Å². The number of hydrogen-bond donors (Lipinski definition) is 2. The van der Waals surface area contributed by atoms with Crippen molar-refractivity contribution in [2.45, 2.75) is 117 Å². The van der Waals surface area contributed by atoms with Crippen molar-refractivity contribution in [1.82, 2.24) is 30.4 Å². The number of halogens is 3. The third kappa shape index (κ3) is 9.11. The third-order valence-corrected chi connectivity index (χ3v) is 14.2. The molecule has 356 valence electrons. The lowest BCUT2D eigenvalue weighted by molar-refractivity contribution is -0.164. The number of nitriles is 1. The van der Waals surface area contributed by atoms with Crippen LogP contribution in [-0.2, 0) is 9.59 Å². The average molecular weight is 929 g/mol. The highest BCUT2D eigenvalue weighted by Crippen LogP contribution is 2.55. The Hall–Kier alpha value is -6.29. The van der Waals surface area contributed by atoms with E-state index in [4.69, 9.17) is 14.2 Å². The van der Waals surface area contributed by atoms with E-state index in [0.717, 1.165) is 16.0 Å². The molecule has 1 aromatic heterocycles. The van der Waals surface area contributed by atoms with Crippen molar-refractivity contribution in [2.24, 2.45) is 16.7 Å². The van der Waals surface area contributed by atoms with Gasteiger partial charge in [0.15, 0.2) is 0 Å². The fourth-order valence-corrected chi connectivity index (χ4v) is 11.0. The molecule has 2 aliphatic carbocycles. The van der Waals surface area contributed by atoms with Crippen molar-refractivity contribution < 1.29 is 51.4 Å². The van der Waals surface area contributed by atoms with Gasteiger partial charge < -0.3 is 24.4 Å². The number of fused-ring (bicyclic) bond motifs is 1. The van der Waals surface area contributed by atoms with Crippen LogP contribution < -0.4 is 29.7 Å². The summed E-state index contributed by atoms with van der Waals surface area (Å²) in [6, 6.07) is 7.01. The average Bonchev–Trinajstić information content (AvgIpc) is 3.50. The van der Waals surface area contributed by atoms with Crippen LogP contribution in [0.15, 0.2) is 36.7 Å². The molecule has 0 spiro atoms. The molecule has 2 N–H and O–H groups in total. The number of carbonyl (C=O) groups excluding carboxylic acids is 5. The summed E-state index contributed by atoms with van der Waals surface area (Å²) >= 11 is 0. The monoisotopic (exact) mass is 928 g/mol. The molecule has 4 fully saturated rings. The molecule has 2 aromatic carbocycles. The molecular weight excluding hydrogens is 874 g/mol. The van der Waals surface area contributed by atoms with Gasteiger partial charge in [-0.05, 0) is 68.4 Å². The van der Waals surface area contributed by atoms with Crippen LogP contribution >= 0.6 is 0 Å². The minimum Gasteiger partial charge on any atom is -0.496 e. The number of aromatic nitrogens is 2. The second-order valence-electron chi connectivity index (χ2n) is 19.7. The molecule has 1 atom stereocenters. The molecule has 3 aliphatic heterocycles. The van der Waals surface area contributed by atoms with E-state index in [1.165, 1.54) is 36.5 Å². The van der Waals surface area contributed by atoms with E-state index in [-0.39, 0.29) is 66.0 Å². The van der Waals surface area contributed by atoms with Crippen LogP contribution in [0.25, 0.3) is 0 Å². The van der Waals surface area contributed by atoms with Crippen LogP contribution in [-0.4, -0.2) is 119 Å². The van der Waals surface area contributed by atoms with Crippen LogP contribution in [0.5, 0.6) is 17.2 Å². The molecule has 67 heavy (non-hydrogen) atoms. The zero-order chi connectivity index (χ0) is 48.3. The number of carbonyl (C=O) groups is 5. The number of piperidine rings is 2. The van der Waals surface area contributed by atoms with E-state index < -0.39 is 65.4 Å². The largest absolute Gasteiger partial charge is 0.496 e. The first kappa shape index (κ1) is 47.2. The number of rotatable bonds is 13. The van der Waals surface area contributed by atoms with Crippen LogP contribution in [0.4, 0.5) is 19.1 Å². The number of amides is 5. The van der Waals surface area contributed by atoms with Crippen molar-refractivity contribution in [3.8, 4) is 23.3 Å². The molecule has 19 heteroatoms. The van der Waals surface area contributed by atoms with Crippen LogP contribution in [0.3, 0.4) is 0 Å². The fourth-order valence-electron chi connectivity index (χ4n) is 11.0. The zero-order valence-corrected chi connectivity index (χ0v) is 38.6. The number of hydrogen-bond acceptors (Lipinski definition) is 13. The second kappa shape index (κ2) is 17.7. The molecule has 16 nitrogen and oxygen atoms in total. The first-order valence-electron chi connectivity index (χ1n) is 22.6. The highest BCUT2D eigenvalue weighted by atomic mass is 19.4. The van der Waals surface area contributed by atoms with Gasteiger partial charge >= 0.3 is 6.18 Å². The SMILES string of the molecule is COc1cc(OC2CC(N(CC3CCN(c4ncc(C(=O)NC5C(C)(C)C(Oc6cc(C)c(C#N)c(C)c6)C5(C)C)cn4)CC3)CC(F)(F)F)C2)cc2c1C(=O)N(C1CCC(=O)NC1=O)C2=O. The van der Waals surface area contributed by atoms with Crippen molar-refractivity contribution in [3.05, 3.63) is 70.0 Å². The molecule has 2 saturated heterocycles. The summed E-state index contributed by atoms with van der Waals surface area (Å²) in [6.07, 6.45) is -0.333. The number of methoxy groups -OCH3 is 1. The van der Waals surface area contributed by atoms with Gasteiger partial charge in [-0.15, -0.1) is 0 Å². The van der Waals surface area contributed by atoms with Crippen molar-refractivity contribution in [2.75, 3.05) is 38.2 Å². The van der Waals surface area contributed by atoms with Gasteiger partial charge in [-0.2, -0.15) is 18.4 Å². The maximum absolute atomic E-state index is 13.9. The van der Waals surface area contributed by atoms with Gasteiger partial charge in [-0.25, -0.2) is 9.97 Å². The second-order valence-corrected chi connectivity index (χ2v) is 19.7. The Morgan fingerprint density at radius 2 is 1.57 bits per heavy atom. The van der Waals surface area contributed by atoms with Gasteiger partial charge in [0.1, 0.15) is 35.5 Å². The molecule has 0 radical (unpaired) electrons. The third-order valence-electron chi connectivity index (χ3n) is 14.2. The van der Waals surface area contributed by atoms with Gasteiger partial charge in [-0.3, -0.25) is 39.1 Å². The Morgan fingerprint density at radius 3 is 2.15 bits per heavy atom. The number of nitrogens with zero attached hydrogens (tertiary/aromatic N) is 6. The summed E-state index contributed by atoms with van der Waals surface area (Å²) in [7, 11) is 1.32. The highest BCUT2D eigenvalue weighted by Gasteiger charge is 2.64. The molecule has 8 rings (SSSR count). The zero-order valence-electron chi connectivity index (χ0n) is 38.6. The van der Waals surface area contributed by atoms with Gasteiger partial charge in [0.25, 0.3) is 17.7 Å². The quantitative estimate of drug-likeness (QED) is 0.199. The molecule has 2 saturated carbocycles. The smallest absolute Gasteiger partial charge is 0.401 e. The lowest BCUT2D eigenvalue weighted by atomic mass is 9.49. The number of nitrogens with one attached hydrogen (secondary N) is 2. The number of benzene rings is 2. The molecule has 4 heterocycles. The minimum absolute atomic E-state index is 0.0102. The first-order valence-corrected chi connectivity index (χ1v) is 22.6. The van der Waals surface area contributed by atoms with E-state index in [2.05, 4.69) is 26.7 Å². The summed E-state index contributed by atoms with van der Waals surface area (Å²) in [6.45, 7) is 12.2. The molecule has 5 amide bonds. The van der Waals surface area contributed by atoms with Gasteiger partial charge in [0, 0.05) is 80.3 Å². The lowest BCUT2D eigenvalue weighted by Crippen LogP contribution is -2.74. The Kier molecular flexibility index (Phi) is 12.5.